The Morgan fingerprint density at radius 3 is 2.63 bits per heavy atom. The van der Waals surface area contributed by atoms with Crippen LogP contribution in [0.1, 0.15) is 49.9 Å². The molecule has 1 aromatic rings. The minimum Gasteiger partial charge on any atom is -0.748 e. The van der Waals surface area contributed by atoms with Crippen LogP contribution in [0.2, 0.25) is 0 Å². The normalized spacial score (nSPS) is 24.8. The predicted molar refractivity (Wildman–Crippen MR) is 94.9 cm³/mol. The van der Waals surface area contributed by atoms with Gasteiger partial charge in [-0.1, -0.05) is 6.42 Å². The number of carbonyl (C=O) groups excluding carboxylic acids is 1. The zero-order valence-corrected chi connectivity index (χ0v) is 16.3. The van der Waals surface area contributed by atoms with Gasteiger partial charge in [-0.25, -0.2) is 17.6 Å². The Kier molecular flexibility index (Phi) is 5.49. The molecule has 3 atom stereocenters. The first-order valence-electron chi connectivity index (χ1n) is 9.14. The third-order valence-corrected chi connectivity index (χ3v) is 6.40. The average molecular weight is 399 g/mol. The molecular weight excluding hydrogens is 375 g/mol. The Labute approximate surface area is 158 Å². The minimum absolute atomic E-state index is 0.0336. The number of ether oxygens (including phenoxy) is 2. The van der Waals surface area contributed by atoms with Crippen LogP contribution in [-0.2, 0) is 14.9 Å². The van der Waals surface area contributed by atoms with Crippen LogP contribution in [-0.4, -0.2) is 36.9 Å². The minimum atomic E-state index is -4.47. The molecule has 2 aliphatic rings. The molecule has 0 aromatic heterocycles. The third kappa shape index (κ3) is 4.79. The number of esters is 1. The van der Waals surface area contributed by atoms with Crippen molar-refractivity contribution in [3.63, 3.8) is 0 Å². The summed E-state index contributed by atoms with van der Waals surface area (Å²) in [5, 5.41) is 0. The second kappa shape index (κ2) is 7.39. The summed E-state index contributed by atoms with van der Waals surface area (Å²) in [6, 6.07) is 3.62. The van der Waals surface area contributed by atoms with Crippen molar-refractivity contribution in [2.24, 2.45) is 17.8 Å². The molecule has 3 unspecified atom stereocenters. The summed E-state index contributed by atoms with van der Waals surface area (Å²) in [6.07, 6.45) is 4.71. The van der Waals surface area contributed by atoms with Gasteiger partial charge in [-0.15, -0.1) is 0 Å². The van der Waals surface area contributed by atoms with Gasteiger partial charge in [0.15, 0.2) is 11.6 Å². The number of halogens is 1. The fraction of sp³-hybridized carbons (Fsp3) is 0.632. The number of hydrogen-bond donors (Lipinski definition) is 0. The molecular formula is C19H24FO6S-. The molecule has 0 heterocycles. The van der Waals surface area contributed by atoms with Crippen LogP contribution < -0.4 is 4.74 Å². The van der Waals surface area contributed by atoms with Gasteiger partial charge in [0.25, 0.3) is 0 Å². The smallest absolute Gasteiger partial charge is 0.338 e. The second-order valence-corrected chi connectivity index (χ2v) is 9.55. The highest BCUT2D eigenvalue weighted by molar-refractivity contribution is 7.85. The van der Waals surface area contributed by atoms with Gasteiger partial charge in [-0.2, -0.15) is 0 Å². The highest BCUT2D eigenvalue weighted by Crippen LogP contribution is 2.53. The van der Waals surface area contributed by atoms with Gasteiger partial charge in [0.05, 0.1) is 21.4 Å². The Morgan fingerprint density at radius 1 is 1.30 bits per heavy atom. The molecule has 3 rings (SSSR count). The Balaban J connectivity index is 1.68. The van der Waals surface area contributed by atoms with Gasteiger partial charge in [-0.3, -0.25) is 0 Å². The number of fused-ring (bicyclic) bond motifs is 2. The summed E-state index contributed by atoms with van der Waals surface area (Å²) in [4.78, 5) is 12.0. The predicted octanol–water partition coefficient (Wildman–Crippen LogP) is 3.12. The van der Waals surface area contributed by atoms with Crippen molar-refractivity contribution in [3.8, 4) is 5.75 Å². The molecule has 2 saturated carbocycles. The number of carbonyl (C=O) groups is 1. The first-order chi connectivity index (χ1) is 12.5. The molecule has 0 aliphatic heterocycles. The zero-order chi connectivity index (χ0) is 19.8. The Morgan fingerprint density at radius 2 is 2.04 bits per heavy atom. The highest BCUT2D eigenvalue weighted by atomic mass is 32.2. The van der Waals surface area contributed by atoms with Crippen molar-refractivity contribution in [1.29, 1.82) is 0 Å². The van der Waals surface area contributed by atoms with E-state index in [1.54, 1.807) is 0 Å². The van der Waals surface area contributed by atoms with Crippen molar-refractivity contribution in [3.05, 3.63) is 29.6 Å². The molecule has 27 heavy (non-hydrogen) atoms. The van der Waals surface area contributed by atoms with Gasteiger partial charge in [0.2, 0.25) is 0 Å². The van der Waals surface area contributed by atoms with Crippen molar-refractivity contribution in [2.75, 3.05) is 12.4 Å². The third-order valence-electron chi connectivity index (χ3n) is 5.74. The van der Waals surface area contributed by atoms with E-state index in [9.17, 15) is 22.2 Å². The first-order valence-corrected chi connectivity index (χ1v) is 10.7. The van der Waals surface area contributed by atoms with E-state index in [1.165, 1.54) is 31.4 Å². The standard InChI is InChI=1S/C19H25FO6S/c1-19(2,15-10-12-3-4-13(15)9-12)26-17-11-14(5-6-16(17)20)18(21)25-7-8-27(22,23)24/h5-6,11-13,15H,3-4,7-10H2,1-2H3,(H,22,23,24)/p-1. The summed E-state index contributed by atoms with van der Waals surface area (Å²) >= 11 is 0. The molecule has 0 N–H and O–H groups in total. The molecule has 2 fully saturated rings. The summed E-state index contributed by atoms with van der Waals surface area (Å²) in [6.45, 7) is 3.35. The van der Waals surface area contributed by atoms with Crippen LogP contribution in [0.25, 0.3) is 0 Å². The summed E-state index contributed by atoms with van der Waals surface area (Å²) in [5.41, 5.74) is -0.529. The molecule has 0 saturated heterocycles. The van der Waals surface area contributed by atoms with E-state index < -0.39 is 39.9 Å². The highest BCUT2D eigenvalue weighted by Gasteiger charge is 2.47. The van der Waals surface area contributed by atoms with Crippen LogP contribution in [0.4, 0.5) is 4.39 Å². The molecule has 150 valence electrons. The largest absolute Gasteiger partial charge is 0.748 e. The quantitative estimate of drug-likeness (QED) is 0.517. The van der Waals surface area contributed by atoms with Crippen LogP contribution in [0.3, 0.4) is 0 Å². The van der Waals surface area contributed by atoms with Crippen LogP contribution >= 0.6 is 0 Å². The molecule has 2 aliphatic carbocycles. The molecule has 1 aromatic carbocycles. The molecule has 0 spiro atoms. The van der Waals surface area contributed by atoms with E-state index in [-0.39, 0.29) is 11.3 Å². The zero-order valence-electron chi connectivity index (χ0n) is 15.4. The lowest BCUT2D eigenvalue weighted by atomic mass is 9.78. The van der Waals surface area contributed by atoms with Gasteiger partial charge < -0.3 is 14.0 Å². The first kappa shape index (κ1) is 20.1. The van der Waals surface area contributed by atoms with Crippen molar-refractivity contribution in [2.45, 2.75) is 45.1 Å². The molecule has 0 amide bonds. The van der Waals surface area contributed by atoms with E-state index in [1.807, 2.05) is 13.8 Å². The van der Waals surface area contributed by atoms with E-state index in [4.69, 9.17) is 9.47 Å². The maximum Gasteiger partial charge on any atom is 0.338 e. The SMILES string of the molecule is CC(C)(Oc1cc(C(=O)OCCS(=O)(=O)[O-])ccc1F)C1CC2CCC1C2. The fourth-order valence-corrected chi connectivity index (χ4v) is 4.77. The van der Waals surface area contributed by atoms with Crippen LogP contribution in [0.5, 0.6) is 5.75 Å². The van der Waals surface area contributed by atoms with Gasteiger partial charge in [0, 0.05) is 5.92 Å². The van der Waals surface area contributed by atoms with E-state index in [0.717, 1.165) is 18.4 Å². The number of hydrogen-bond acceptors (Lipinski definition) is 6. The van der Waals surface area contributed by atoms with Crippen LogP contribution in [0, 0.1) is 23.6 Å². The lowest BCUT2D eigenvalue weighted by Gasteiger charge is -2.37. The lowest BCUT2D eigenvalue weighted by molar-refractivity contribution is 0.0128. The summed E-state index contributed by atoms with van der Waals surface area (Å²) in [5.74, 6) is -0.587. The molecule has 6 nitrogen and oxygen atoms in total. The Hall–Kier alpha value is -1.67. The van der Waals surface area contributed by atoms with Gasteiger partial charge in [-0.05, 0) is 63.1 Å². The fourth-order valence-electron chi connectivity index (χ4n) is 4.48. The molecule has 8 heteroatoms. The van der Waals surface area contributed by atoms with Crippen molar-refractivity contribution >= 4 is 16.1 Å². The maximum atomic E-state index is 14.2. The lowest BCUT2D eigenvalue weighted by Crippen LogP contribution is -2.40. The molecule has 2 bridgehead atoms. The number of benzene rings is 1. The monoisotopic (exact) mass is 399 g/mol. The van der Waals surface area contributed by atoms with Crippen LogP contribution in [0.15, 0.2) is 18.2 Å². The van der Waals surface area contributed by atoms with E-state index >= 15 is 0 Å². The average Bonchev–Trinajstić information content (AvgIpc) is 3.19. The summed E-state index contributed by atoms with van der Waals surface area (Å²) < 4.78 is 56.7. The number of rotatable bonds is 7. The second-order valence-electron chi connectivity index (χ2n) is 8.03. The molecule has 0 radical (unpaired) electrons. The van der Waals surface area contributed by atoms with Crippen molar-refractivity contribution < 1.29 is 31.6 Å². The van der Waals surface area contributed by atoms with Crippen molar-refractivity contribution in [1.82, 2.24) is 0 Å². The topological polar surface area (TPSA) is 92.7 Å². The maximum absolute atomic E-state index is 14.2. The summed E-state index contributed by atoms with van der Waals surface area (Å²) in [7, 11) is -4.47. The van der Waals surface area contributed by atoms with Gasteiger partial charge >= 0.3 is 5.97 Å². The van der Waals surface area contributed by atoms with E-state index in [0.29, 0.717) is 11.8 Å². The van der Waals surface area contributed by atoms with Gasteiger partial charge in [0.1, 0.15) is 12.2 Å². The Bertz CT molecular complexity index is 819. The van der Waals surface area contributed by atoms with E-state index in [2.05, 4.69) is 0 Å².